The summed E-state index contributed by atoms with van der Waals surface area (Å²) in [4.78, 5) is 14.6. The molecule has 2 heterocycles. The number of nitrogens with one attached hydrogen (secondary N) is 1. The predicted molar refractivity (Wildman–Crippen MR) is 76.0 cm³/mol. The van der Waals surface area contributed by atoms with E-state index in [4.69, 9.17) is 9.15 Å². The summed E-state index contributed by atoms with van der Waals surface area (Å²) < 4.78 is 10.8. The molecule has 1 N–H and O–H groups in total. The monoisotopic (exact) mass is 277 g/mol. The fraction of sp³-hybridized carbons (Fsp3) is 0.462. The van der Waals surface area contributed by atoms with E-state index in [2.05, 4.69) is 20.3 Å². The van der Waals surface area contributed by atoms with Crippen LogP contribution in [0.4, 0.5) is 11.9 Å². The molecule has 2 aromatic heterocycles. The number of ether oxygens (including phenoxy) is 1. The summed E-state index contributed by atoms with van der Waals surface area (Å²) in [6.45, 7) is 3.19. The molecule has 0 aliphatic rings. The Labute approximate surface area is 118 Å². The van der Waals surface area contributed by atoms with Crippen molar-refractivity contribution in [1.29, 1.82) is 0 Å². The van der Waals surface area contributed by atoms with Gasteiger partial charge < -0.3 is 19.4 Å². The highest BCUT2D eigenvalue weighted by atomic mass is 16.5. The molecule has 7 heteroatoms. The molecule has 0 bridgehead atoms. The molecule has 0 saturated heterocycles. The van der Waals surface area contributed by atoms with E-state index < -0.39 is 0 Å². The van der Waals surface area contributed by atoms with Gasteiger partial charge in [0.2, 0.25) is 11.9 Å². The van der Waals surface area contributed by atoms with Gasteiger partial charge in [-0.1, -0.05) is 6.92 Å². The molecule has 0 aliphatic heterocycles. The van der Waals surface area contributed by atoms with Crippen molar-refractivity contribution in [2.24, 2.45) is 0 Å². The van der Waals surface area contributed by atoms with Crippen LogP contribution < -0.4 is 15.0 Å². The standard InChI is InChI=1S/C13H19N5O2/c1-4-7-20-13-16-11(14-2)15-12(17-13)18(3)9-10-6-5-8-19-10/h5-6,8H,4,7,9H2,1-3H3,(H,14,15,16,17). The maximum Gasteiger partial charge on any atom is 0.323 e. The van der Waals surface area contributed by atoms with Crippen molar-refractivity contribution in [3.63, 3.8) is 0 Å². The summed E-state index contributed by atoms with van der Waals surface area (Å²) in [5.74, 6) is 1.86. The van der Waals surface area contributed by atoms with E-state index >= 15 is 0 Å². The van der Waals surface area contributed by atoms with E-state index in [9.17, 15) is 0 Å². The molecule has 0 unspecified atom stereocenters. The lowest BCUT2D eigenvalue weighted by atomic mass is 10.4. The first-order chi connectivity index (χ1) is 9.72. The molecule has 0 aromatic carbocycles. The lowest BCUT2D eigenvalue weighted by Gasteiger charge is -2.16. The van der Waals surface area contributed by atoms with Crippen LogP contribution in [0.15, 0.2) is 22.8 Å². The Morgan fingerprint density at radius 3 is 2.85 bits per heavy atom. The van der Waals surface area contributed by atoms with Gasteiger partial charge in [-0.25, -0.2) is 0 Å². The van der Waals surface area contributed by atoms with Crippen LogP contribution in [0.25, 0.3) is 0 Å². The molecule has 0 fully saturated rings. The molecule has 108 valence electrons. The summed E-state index contributed by atoms with van der Waals surface area (Å²) in [7, 11) is 3.65. The van der Waals surface area contributed by atoms with Gasteiger partial charge in [0.1, 0.15) is 5.76 Å². The van der Waals surface area contributed by atoms with Crippen molar-refractivity contribution in [3.8, 4) is 6.01 Å². The number of hydrogen-bond acceptors (Lipinski definition) is 7. The molecule has 0 atom stereocenters. The maximum absolute atomic E-state index is 5.47. The van der Waals surface area contributed by atoms with Gasteiger partial charge in [-0.3, -0.25) is 0 Å². The Balaban J connectivity index is 2.16. The maximum atomic E-state index is 5.47. The fourth-order valence-electron chi connectivity index (χ4n) is 1.59. The Morgan fingerprint density at radius 2 is 2.20 bits per heavy atom. The van der Waals surface area contributed by atoms with Crippen molar-refractivity contribution in [3.05, 3.63) is 24.2 Å². The Hall–Kier alpha value is -2.31. The third-order valence-electron chi connectivity index (χ3n) is 2.58. The first-order valence-electron chi connectivity index (χ1n) is 6.53. The summed E-state index contributed by atoms with van der Waals surface area (Å²) in [5, 5.41) is 2.91. The second kappa shape index (κ2) is 6.74. The molecule has 2 aromatic rings. The van der Waals surface area contributed by atoms with Crippen molar-refractivity contribution >= 4 is 11.9 Å². The van der Waals surface area contributed by atoms with Gasteiger partial charge in [-0.2, -0.15) is 15.0 Å². The lowest BCUT2D eigenvalue weighted by molar-refractivity contribution is 0.292. The molecule has 0 saturated carbocycles. The van der Waals surface area contributed by atoms with Crippen LogP contribution in [-0.4, -0.2) is 35.7 Å². The largest absolute Gasteiger partial charge is 0.467 e. The summed E-state index contributed by atoms with van der Waals surface area (Å²) in [5.41, 5.74) is 0. The number of furan rings is 1. The van der Waals surface area contributed by atoms with Crippen LogP contribution in [0.3, 0.4) is 0 Å². The smallest absolute Gasteiger partial charge is 0.323 e. The number of hydrogen-bond donors (Lipinski definition) is 1. The van der Waals surface area contributed by atoms with Gasteiger partial charge in [-0.05, 0) is 18.6 Å². The normalized spacial score (nSPS) is 10.3. The van der Waals surface area contributed by atoms with Crippen LogP contribution >= 0.6 is 0 Å². The molecule has 2 rings (SSSR count). The minimum Gasteiger partial charge on any atom is -0.467 e. The molecular weight excluding hydrogens is 258 g/mol. The molecule has 0 radical (unpaired) electrons. The fourth-order valence-corrected chi connectivity index (χ4v) is 1.59. The average Bonchev–Trinajstić information content (AvgIpc) is 2.97. The number of aromatic nitrogens is 3. The Morgan fingerprint density at radius 1 is 1.35 bits per heavy atom. The van der Waals surface area contributed by atoms with Crippen molar-refractivity contribution in [2.45, 2.75) is 19.9 Å². The summed E-state index contributed by atoms with van der Waals surface area (Å²) in [6.07, 6.45) is 2.55. The van der Waals surface area contributed by atoms with Gasteiger partial charge in [-0.15, -0.1) is 0 Å². The highest BCUT2D eigenvalue weighted by Gasteiger charge is 2.12. The topological polar surface area (TPSA) is 76.3 Å². The highest BCUT2D eigenvalue weighted by molar-refractivity contribution is 5.37. The Bertz CT molecular complexity index is 530. The molecule has 20 heavy (non-hydrogen) atoms. The second-order valence-electron chi connectivity index (χ2n) is 4.28. The molecule has 0 aliphatic carbocycles. The van der Waals surface area contributed by atoms with Crippen LogP contribution in [0, 0.1) is 0 Å². The van der Waals surface area contributed by atoms with E-state index in [0.717, 1.165) is 12.2 Å². The first-order valence-corrected chi connectivity index (χ1v) is 6.53. The van der Waals surface area contributed by atoms with E-state index in [0.29, 0.717) is 31.1 Å². The van der Waals surface area contributed by atoms with Crippen molar-refractivity contribution in [1.82, 2.24) is 15.0 Å². The third-order valence-corrected chi connectivity index (χ3v) is 2.58. The SMILES string of the molecule is CCCOc1nc(NC)nc(N(C)Cc2ccco2)n1. The van der Waals surface area contributed by atoms with Gasteiger partial charge in [0.05, 0.1) is 19.4 Å². The van der Waals surface area contributed by atoms with Gasteiger partial charge in [0, 0.05) is 14.1 Å². The van der Waals surface area contributed by atoms with Crippen LogP contribution in [-0.2, 0) is 6.54 Å². The molecule has 0 spiro atoms. The zero-order chi connectivity index (χ0) is 14.4. The zero-order valence-electron chi connectivity index (χ0n) is 12.0. The average molecular weight is 277 g/mol. The van der Waals surface area contributed by atoms with E-state index in [1.165, 1.54) is 0 Å². The van der Waals surface area contributed by atoms with Crippen molar-refractivity contribution in [2.75, 3.05) is 30.9 Å². The number of nitrogens with zero attached hydrogens (tertiary/aromatic N) is 4. The lowest BCUT2D eigenvalue weighted by Crippen LogP contribution is -2.20. The van der Waals surface area contributed by atoms with E-state index in [1.54, 1.807) is 13.3 Å². The highest BCUT2D eigenvalue weighted by Crippen LogP contribution is 2.16. The van der Waals surface area contributed by atoms with Crippen LogP contribution in [0.1, 0.15) is 19.1 Å². The zero-order valence-corrected chi connectivity index (χ0v) is 12.0. The minimum atomic E-state index is 0.326. The van der Waals surface area contributed by atoms with Gasteiger partial charge in [0.25, 0.3) is 0 Å². The van der Waals surface area contributed by atoms with E-state index in [1.807, 2.05) is 31.0 Å². The quantitative estimate of drug-likeness (QED) is 0.828. The van der Waals surface area contributed by atoms with Crippen LogP contribution in [0.2, 0.25) is 0 Å². The molecule has 7 nitrogen and oxygen atoms in total. The third kappa shape index (κ3) is 3.59. The second-order valence-corrected chi connectivity index (χ2v) is 4.28. The minimum absolute atomic E-state index is 0.326. The van der Waals surface area contributed by atoms with Gasteiger partial charge in [0.15, 0.2) is 0 Å². The summed E-state index contributed by atoms with van der Waals surface area (Å²) >= 11 is 0. The number of anilines is 2. The Kier molecular flexibility index (Phi) is 4.75. The van der Waals surface area contributed by atoms with Gasteiger partial charge >= 0.3 is 6.01 Å². The predicted octanol–water partition coefficient (Wildman–Crippen LogP) is 1.93. The van der Waals surface area contributed by atoms with Crippen molar-refractivity contribution < 1.29 is 9.15 Å². The summed E-state index contributed by atoms with van der Waals surface area (Å²) in [6, 6.07) is 4.09. The molecule has 0 amide bonds. The van der Waals surface area contributed by atoms with Crippen LogP contribution in [0.5, 0.6) is 6.01 Å². The van der Waals surface area contributed by atoms with E-state index in [-0.39, 0.29) is 0 Å². The molecular formula is C13H19N5O2. The number of rotatable bonds is 7. The first kappa shape index (κ1) is 14.1.